The minimum Gasteiger partial charge on any atom is -0.490 e. The lowest BCUT2D eigenvalue weighted by Crippen LogP contribution is -2.49. The first-order chi connectivity index (χ1) is 12.5. The maximum absolute atomic E-state index is 12.4. The maximum Gasteiger partial charge on any atom is 0.269 e. The molecule has 8 heteroatoms. The number of amides is 1. The molecule has 1 saturated carbocycles. The van der Waals surface area contributed by atoms with Crippen LogP contribution in [0.3, 0.4) is 0 Å². The summed E-state index contributed by atoms with van der Waals surface area (Å²) in [6.07, 6.45) is 5.46. The molecule has 0 saturated heterocycles. The number of ether oxygens (including phenoxy) is 2. The molecule has 26 heavy (non-hydrogen) atoms. The Balaban J connectivity index is 1.99. The van der Waals surface area contributed by atoms with Crippen molar-refractivity contribution in [3.05, 3.63) is 22.7 Å². The maximum atomic E-state index is 12.4. The summed E-state index contributed by atoms with van der Waals surface area (Å²) in [4.78, 5) is 12.4. The summed E-state index contributed by atoms with van der Waals surface area (Å²) in [6.45, 7) is 4.83. The van der Waals surface area contributed by atoms with Crippen LogP contribution < -0.4 is 25.6 Å². The fourth-order valence-electron chi connectivity index (χ4n) is 2.78. The predicted octanol–water partition coefficient (Wildman–Crippen LogP) is 3.58. The topological polar surface area (TPSA) is 71.6 Å². The van der Waals surface area contributed by atoms with Gasteiger partial charge in [-0.2, -0.15) is 0 Å². The molecular formula is C18H26ClN3O3S. The minimum absolute atomic E-state index is 0.334. The Hall–Kier alpha value is -1.73. The van der Waals surface area contributed by atoms with Crippen LogP contribution in [0.25, 0.3) is 0 Å². The van der Waals surface area contributed by atoms with Crippen LogP contribution in [0.15, 0.2) is 12.1 Å². The average molecular weight is 400 g/mol. The highest BCUT2D eigenvalue weighted by Gasteiger charge is 2.18. The second kappa shape index (κ2) is 10.4. The molecule has 1 aliphatic carbocycles. The second-order valence-electron chi connectivity index (χ2n) is 6.10. The first-order valence-electron chi connectivity index (χ1n) is 9.01. The Morgan fingerprint density at radius 2 is 1.96 bits per heavy atom. The van der Waals surface area contributed by atoms with Gasteiger partial charge < -0.3 is 14.8 Å². The summed E-state index contributed by atoms with van der Waals surface area (Å²) in [6, 6.07) is 3.55. The molecule has 144 valence electrons. The van der Waals surface area contributed by atoms with E-state index in [1.54, 1.807) is 12.1 Å². The van der Waals surface area contributed by atoms with E-state index in [0.717, 1.165) is 19.3 Å². The molecule has 0 unspecified atom stereocenters. The molecule has 1 aliphatic rings. The first-order valence-corrected chi connectivity index (χ1v) is 9.79. The molecule has 3 N–H and O–H groups in total. The molecule has 1 aromatic carbocycles. The van der Waals surface area contributed by atoms with Crippen LogP contribution in [-0.4, -0.2) is 30.3 Å². The van der Waals surface area contributed by atoms with Crippen molar-refractivity contribution in [2.24, 2.45) is 0 Å². The fourth-order valence-corrected chi connectivity index (χ4v) is 3.27. The lowest BCUT2D eigenvalue weighted by atomic mass is 10.2. The number of rotatable bonds is 7. The van der Waals surface area contributed by atoms with Crippen molar-refractivity contribution in [3.8, 4) is 11.5 Å². The summed E-state index contributed by atoms with van der Waals surface area (Å²) in [5.74, 6) is 0.550. The zero-order chi connectivity index (χ0) is 18.9. The largest absolute Gasteiger partial charge is 0.490 e. The lowest BCUT2D eigenvalue weighted by molar-refractivity contribution is 0.0943. The van der Waals surface area contributed by atoms with Gasteiger partial charge in [0.15, 0.2) is 16.6 Å². The summed E-state index contributed by atoms with van der Waals surface area (Å²) in [7, 11) is 0. The summed E-state index contributed by atoms with van der Waals surface area (Å²) < 4.78 is 11.2. The van der Waals surface area contributed by atoms with Crippen molar-refractivity contribution in [2.75, 3.05) is 13.2 Å². The van der Waals surface area contributed by atoms with Gasteiger partial charge in [-0.05, 0) is 50.5 Å². The second-order valence-corrected chi connectivity index (χ2v) is 6.92. The number of carbonyl (C=O) groups is 1. The molecule has 0 spiro atoms. The molecule has 0 aromatic heterocycles. The highest BCUT2D eigenvalue weighted by Crippen LogP contribution is 2.36. The number of nitrogens with one attached hydrogen (secondary N) is 3. The molecule has 0 bridgehead atoms. The van der Waals surface area contributed by atoms with Gasteiger partial charge in [-0.15, -0.1) is 0 Å². The van der Waals surface area contributed by atoms with Crippen molar-refractivity contribution in [1.29, 1.82) is 0 Å². The van der Waals surface area contributed by atoms with Crippen LogP contribution in [0.4, 0.5) is 0 Å². The van der Waals surface area contributed by atoms with Crippen LogP contribution in [0.5, 0.6) is 11.5 Å². The van der Waals surface area contributed by atoms with E-state index in [-0.39, 0.29) is 5.91 Å². The van der Waals surface area contributed by atoms with Crippen LogP contribution in [0.2, 0.25) is 5.02 Å². The molecule has 0 atom stereocenters. The van der Waals surface area contributed by atoms with E-state index in [0.29, 0.717) is 46.5 Å². The zero-order valence-electron chi connectivity index (χ0n) is 15.2. The molecule has 0 radical (unpaired) electrons. The smallest absolute Gasteiger partial charge is 0.269 e. The third kappa shape index (κ3) is 5.92. The highest BCUT2D eigenvalue weighted by atomic mass is 35.5. The van der Waals surface area contributed by atoms with Gasteiger partial charge in [-0.25, -0.2) is 0 Å². The standard InChI is InChI=1S/C18H26ClN3O3S/c1-3-9-25-16-14(19)10-12(11-15(16)24-4-2)17(23)21-22-18(26)20-13-7-5-6-8-13/h10-11,13H,3-9H2,1-2H3,(H,21,23)(H2,20,22,26). The van der Waals surface area contributed by atoms with Gasteiger partial charge in [0.05, 0.1) is 18.2 Å². The molecule has 1 amide bonds. The third-order valence-corrected chi connectivity index (χ3v) is 4.50. The van der Waals surface area contributed by atoms with Crippen LogP contribution in [-0.2, 0) is 0 Å². The van der Waals surface area contributed by atoms with Crippen molar-refractivity contribution >= 4 is 34.8 Å². The van der Waals surface area contributed by atoms with E-state index in [4.69, 9.17) is 33.3 Å². The van der Waals surface area contributed by atoms with E-state index >= 15 is 0 Å². The molecular weight excluding hydrogens is 374 g/mol. The minimum atomic E-state index is -0.356. The third-order valence-electron chi connectivity index (χ3n) is 4.00. The Kier molecular flexibility index (Phi) is 8.25. The van der Waals surface area contributed by atoms with Gasteiger partial charge in [-0.3, -0.25) is 15.6 Å². The number of hydrogen-bond donors (Lipinski definition) is 3. The first kappa shape index (κ1) is 20.6. The number of thiocarbonyl (C=S) groups is 1. The van der Waals surface area contributed by atoms with E-state index in [1.165, 1.54) is 12.8 Å². The molecule has 1 fully saturated rings. The molecule has 1 aromatic rings. The van der Waals surface area contributed by atoms with Gasteiger partial charge in [0.25, 0.3) is 5.91 Å². The van der Waals surface area contributed by atoms with Crippen molar-refractivity contribution in [3.63, 3.8) is 0 Å². The molecule has 0 heterocycles. The van der Waals surface area contributed by atoms with Crippen molar-refractivity contribution in [2.45, 2.75) is 52.0 Å². The van der Waals surface area contributed by atoms with Crippen LogP contribution in [0.1, 0.15) is 56.3 Å². The number of benzene rings is 1. The lowest BCUT2D eigenvalue weighted by Gasteiger charge is -2.17. The fraction of sp³-hybridized carbons (Fsp3) is 0.556. The van der Waals surface area contributed by atoms with Gasteiger partial charge in [-0.1, -0.05) is 31.4 Å². The predicted molar refractivity (Wildman–Crippen MR) is 107 cm³/mol. The van der Waals surface area contributed by atoms with Gasteiger partial charge in [0, 0.05) is 11.6 Å². The van der Waals surface area contributed by atoms with Crippen LogP contribution >= 0.6 is 23.8 Å². The monoisotopic (exact) mass is 399 g/mol. The zero-order valence-corrected chi connectivity index (χ0v) is 16.8. The molecule has 2 rings (SSSR count). The normalized spacial score (nSPS) is 14.0. The van der Waals surface area contributed by atoms with Crippen molar-refractivity contribution in [1.82, 2.24) is 16.2 Å². The number of hydrazine groups is 1. The number of hydrogen-bond acceptors (Lipinski definition) is 4. The van der Waals surface area contributed by atoms with Crippen molar-refractivity contribution < 1.29 is 14.3 Å². The summed E-state index contributed by atoms with van der Waals surface area (Å²) >= 11 is 11.5. The Labute approximate surface area is 164 Å². The SMILES string of the molecule is CCCOc1c(Cl)cc(C(=O)NNC(=S)NC2CCCC2)cc1OCC. The van der Waals surface area contributed by atoms with Gasteiger partial charge >= 0.3 is 0 Å². The van der Waals surface area contributed by atoms with E-state index in [9.17, 15) is 4.79 Å². The summed E-state index contributed by atoms with van der Waals surface area (Å²) in [5.41, 5.74) is 5.68. The average Bonchev–Trinajstić information content (AvgIpc) is 3.12. The Morgan fingerprint density at radius 3 is 2.62 bits per heavy atom. The highest BCUT2D eigenvalue weighted by molar-refractivity contribution is 7.80. The van der Waals surface area contributed by atoms with E-state index in [1.807, 2.05) is 13.8 Å². The van der Waals surface area contributed by atoms with E-state index in [2.05, 4.69) is 16.2 Å². The number of carbonyl (C=O) groups excluding carboxylic acids is 1. The van der Waals surface area contributed by atoms with E-state index < -0.39 is 0 Å². The Bertz CT molecular complexity index is 636. The van der Waals surface area contributed by atoms with Crippen LogP contribution in [0, 0.1) is 0 Å². The van der Waals surface area contributed by atoms with Gasteiger partial charge in [0.2, 0.25) is 0 Å². The quantitative estimate of drug-likeness (QED) is 0.481. The van der Waals surface area contributed by atoms with Gasteiger partial charge in [0.1, 0.15) is 0 Å². The summed E-state index contributed by atoms with van der Waals surface area (Å²) in [5, 5.41) is 3.94. The molecule has 6 nitrogen and oxygen atoms in total. The molecule has 0 aliphatic heterocycles. The Morgan fingerprint density at radius 1 is 1.23 bits per heavy atom. The number of halogens is 1.